The number of anilines is 1. The first-order valence-corrected chi connectivity index (χ1v) is 11.1. The Hall–Kier alpha value is -3.76. The number of nitrogens with zero attached hydrogens (tertiary/aromatic N) is 5. The molecular formula is C22H25N7O4. The Labute approximate surface area is 189 Å². The molecule has 3 aromatic rings. The molecule has 1 saturated carbocycles. The first-order chi connectivity index (χ1) is 16.0. The van der Waals surface area contributed by atoms with Crippen LogP contribution in [0.4, 0.5) is 5.69 Å². The smallest absolute Gasteiger partial charge is 0.289 e. The normalized spacial score (nSPS) is 18.7. The van der Waals surface area contributed by atoms with E-state index in [2.05, 4.69) is 30.7 Å². The van der Waals surface area contributed by atoms with Gasteiger partial charge in [0.25, 0.3) is 11.8 Å². The highest BCUT2D eigenvalue weighted by Gasteiger charge is 2.32. The average molecular weight is 451 g/mol. The van der Waals surface area contributed by atoms with E-state index in [0.717, 1.165) is 6.42 Å². The summed E-state index contributed by atoms with van der Waals surface area (Å²) in [6.07, 6.45) is 5.61. The third-order valence-electron chi connectivity index (χ3n) is 6.14. The Kier molecular flexibility index (Phi) is 5.53. The fraction of sp³-hybridized carbons (Fsp3) is 0.455. The fourth-order valence-corrected chi connectivity index (χ4v) is 4.35. The van der Waals surface area contributed by atoms with Crippen molar-refractivity contribution in [3.8, 4) is 17.2 Å². The Bertz CT molecular complexity index is 1180. The molecule has 5 rings (SSSR count). The number of likely N-dealkylation sites (N-methyl/N-ethyl adjacent to an activating group) is 1. The van der Waals surface area contributed by atoms with E-state index in [0.29, 0.717) is 40.5 Å². The van der Waals surface area contributed by atoms with Crippen LogP contribution in [-0.4, -0.2) is 56.9 Å². The Balaban J connectivity index is 1.28. The van der Waals surface area contributed by atoms with Crippen LogP contribution in [-0.2, 0) is 11.2 Å². The summed E-state index contributed by atoms with van der Waals surface area (Å²) in [5.74, 6) is 1.87. The zero-order valence-corrected chi connectivity index (χ0v) is 18.5. The highest BCUT2D eigenvalue weighted by molar-refractivity contribution is 6.02. The summed E-state index contributed by atoms with van der Waals surface area (Å²) in [6.45, 7) is 1.70. The molecule has 2 aromatic heterocycles. The van der Waals surface area contributed by atoms with Gasteiger partial charge in [-0.3, -0.25) is 9.59 Å². The van der Waals surface area contributed by atoms with Crippen molar-refractivity contribution in [2.45, 2.75) is 45.1 Å². The highest BCUT2D eigenvalue weighted by atomic mass is 16.5. The molecule has 2 N–H and O–H groups in total. The number of nitrogens with one attached hydrogen (secondary N) is 2. The number of hydrogen-bond donors (Lipinski definition) is 2. The predicted molar refractivity (Wildman–Crippen MR) is 117 cm³/mol. The minimum absolute atomic E-state index is 0.00993. The lowest BCUT2D eigenvalue weighted by Crippen LogP contribution is -2.49. The quantitative estimate of drug-likeness (QED) is 0.601. The second kappa shape index (κ2) is 8.64. The molecule has 1 aromatic carbocycles. The number of carbonyl (C=O) groups is 2. The number of carbonyl (C=O) groups excluding carboxylic acids is 2. The first kappa shape index (κ1) is 21.1. The van der Waals surface area contributed by atoms with Crippen molar-refractivity contribution in [1.82, 2.24) is 30.7 Å². The van der Waals surface area contributed by atoms with Gasteiger partial charge in [-0.05, 0) is 24.1 Å². The molecule has 172 valence electrons. The van der Waals surface area contributed by atoms with Gasteiger partial charge >= 0.3 is 0 Å². The van der Waals surface area contributed by atoms with Crippen LogP contribution in [0.2, 0.25) is 0 Å². The van der Waals surface area contributed by atoms with Crippen molar-refractivity contribution in [1.29, 1.82) is 0 Å². The molecule has 1 fully saturated rings. The number of fused-ring (bicyclic) bond motifs is 1. The van der Waals surface area contributed by atoms with Crippen LogP contribution in [0.3, 0.4) is 0 Å². The minimum Gasteiger partial charge on any atom is -0.489 e. The van der Waals surface area contributed by atoms with E-state index >= 15 is 0 Å². The van der Waals surface area contributed by atoms with Crippen LogP contribution in [0, 0.1) is 12.8 Å². The van der Waals surface area contributed by atoms with E-state index in [4.69, 9.17) is 9.15 Å². The third-order valence-corrected chi connectivity index (χ3v) is 6.14. The van der Waals surface area contributed by atoms with Gasteiger partial charge in [-0.25, -0.2) is 0 Å². The Morgan fingerprint density at radius 1 is 1.21 bits per heavy atom. The van der Waals surface area contributed by atoms with Gasteiger partial charge < -0.3 is 24.4 Å². The number of aryl methyl sites for hydroxylation is 1. The van der Waals surface area contributed by atoms with Crippen molar-refractivity contribution in [3.05, 3.63) is 35.7 Å². The van der Waals surface area contributed by atoms with Crippen molar-refractivity contribution < 1.29 is 18.7 Å². The minimum atomic E-state index is -0.882. The lowest BCUT2D eigenvalue weighted by molar-refractivity contribution is -0.120. The maximum absolute atomic E-state index is 13.1. The summed E-state index contributed by atoms with van der Waals surface area (Å²) >= 11 is 0. The van der Waals surface area contributed by atoms with Crippen LogP contribution in [0.15, 0.2) is 22.6 Å². The van der Waals surface area contributed by atoms with Gasteiger partial charge in [0.15, 0.2) is 0 Å². The summed E-state index contributed by atoms with van der Waals surface area (Å²) in [5, 5.41) is 18.7. The molecule has 3 heterocycles. The van der Waals surface area contributed by atoms with Gasteiger partial charge in [0.05, 0.1) is 5.69 Å². The van der Waals surface area contributed by atoms with Crippen molar-refractivity contribution in [2.75, 3.05) is 18.6 Å². The van der Waals surface area contributed by atoms with Gasteiger partial charge in [-0.2, -0.15) is 0 Å². The van der Waals surface area contributed by atoms with Crippen LogP contribution in [0.1, 0.15) is 48.0 Å². The van der Waals surface area contributed by atoms with Crippen molar-refractivity contribution in [2.24, 2.45) is 5.92 Å². The van der Waals surface area contributed by atoms with E-state index in [1.165, 1.54) is 30.6 Å². The number of amides is 2. The first-order valence-electron chi connectivity index (χ1n) is 11.1. The lowest BCUT2D eigenvalue weighted by atomic mass is 10.0. The van der Waals surface area contributed by atoms with Crippen LogP contribution in [0.25, 0.3) is 11.5 Å². The molecular weight excluding hydrogens is 426 g/mol. The van der Waals surface area contributed by atoms with Crippen molar-refractivity contribution >= 4 is 17.5 Å². The highest BCUT2D eigenvalue weighted by Crippen LogP contribution is 2.34. The van der Waals surface area contributed by atoms with Gasteiger partial charge in [-0.15, -0.1) is 20.4 Å². The maximum Gasteiger partial charge on any atom is 0.289 e. The zero-order valence-electron chi connectivity index (χ0n) is 18.5. The largest absolute Gasteiger partial charge is 0.489 e. The number of aromatic nitrogens is 5. The maximum atomic E-state index is 13.1. The molecule has 1 atom stereocenters. The number of aromatic amines is 1. The summed E-state index contributed by atoms with van der Waals surface area (Å²) in [5.41, 5.74) is 1.21. The molecule has 0 saturated heterocycles. The lowest BCUT2D eigenvalue weighted by Gasteiger charge is -2.20. The van der Waals surface area contributed by atoms with E-state index < -0.39 is 11.9 Å². The Morgan fingerprint density at radius 2 is 2.03 bits per heavy atom. The Morgan fingerprint density at radius 3 is 2.79 bits per heavy atom. The molecule has 11 heteroatoms. The molecule has 0 bridgehead atoms. The van der Waals surface area contributed by atoms with Gasteiger partial charge in [0.2, 0.25) is 17.6 Å². The van der Waals surface area contributed by atoms with E-state index in [1.807, 2.05) is 0 Å². The van der Waals surface area contributed by atoms with Crippen LogP contribution in [0.5, 0.6) is 5.75 Å². The van der Waals surface area contributed by atoms with Gasteiger partial charge in [-0.1, -0.05) is 25.7 Å². The number of rotatable bonds is 5. The fourth-order valence-electron chi connectivity index (χ4n) is 4.35. The molecule has 0 spiro atoms. The van der Waals surface area contributed by atoms with Gasteiger partial charge in [0.1, 0.15) is 24.2 Å². The SMILES string of the molecule is Cc1nnc(-c2ccc3c(c2)N(C)C(=O)C(NC(=O)c2nnc(CC4CCCC4)[nH]2)CO3)o1. The van der Waals surface area contributed by atoms with Gasteiger partial charge in [0, 0.05) is 26.0 Å². The topological polar surface area (TPSA) is 139 Å². The molecule has 1 aliphatic heterocycles. The number of benzene rings is 1. The molecule has 1 aliphatic carbocycles. The van der Waals surface area contributed by atoms with Crippen LogP contribution < -0.4 is 15.0 Å². The monoisotopic (exact) mass is 451 g/mol. The molecule has 33 heavy (non-hydrogen) atoms. The number of H-pyrrole nitrogens is 1. The summed E-state index contributed by atoms with van der Waals surface area (Å²) in [6, 6.07) is 4.39. The van der Waals surface area contributed by atoms with Crippen LogP contribution >= 0.6 is 0 Å². The van der Waals surface area contributed by atoms with Crippen molar-refractivity contribution in [3.63, 3.8) is 0 Å². The standard InChI is InChI=1S/C22H25N7O4/c1-12-25-28-21(33-12)14-7-8-17-16(10-14)29(2)22(31)15(11-32-17)23-20(30)19-24-18(26-27-19)9-13-5-3-4-6-13/h7-8,10,13,15H,3-6,9,11H2,1-2H3,(H,23,30)(H,24,26,27). The summed E-state index contributed by atoms with van der Waals surface area (Å²) < 4.78 is 11.3. The molecule has 0 radical (unpaired) electrons. The van der Waals surface area contributed by atoms with E-state index in [-0.39, 0.29) is 18.3 Å². The van der Waals surface area contributed by atoms with E-state index in [1.54, 1.807) is 32.2 Å². The third kappa shape index (κ3) is 4.30. The average Bonchev–Trinajstić information content (AvgIpc) is 3.57. The molecule has 2 amide bonds. The molecule has 11 nitrogen and oxygen atoms in total. The molecule has 2 aliphatic rings. The zero-order chi connectivity index (χ0) is 22.9. The summed E-state index contributed by atoms with van der Waals surface area (Å²) in [7, 11) is 1.63. The molecule has 1 unspecified atom stereocenters. The second-order valence-corrected chi connectivity index (χ2v) is 8.52. The predicted octanol–water partition coefficient (Wildman–Crippen LogP) is 2.05. The summed E-state index contributed by atoms with van der Waals surface area (Å²) in [4.78, 5) is 30.3. The number of ether oxygens (including phenoxy) is 1. The number of hydrogen-bond acceptors (Lipinski definition) is 8. The van der Waals surface area contributed by atoms with E-state index in [9.17, 15) is 9.59 Å². The second-order valence-electron chi connectivity index (χ2n) is 8.52.